The summed E-state index contributed by atoms with van der Waals surface area (Å²) in [6.45, 7) is 6.48. The van der Waals surface area contributed by atoms with Gasteiger partial charge in [0.1, 0.15) is 13.2 Å². The molecule has 0 N–H and O–H groups in total. The van der Waals surface area contributed by atoms with Crippen LogP contribution < -0.4 is 0 Å². The van der Waals surface area contributed by atoms with Crippen LogP contribution in [0.25, 0.3) is 0 Å². The number of unbranched alkanes of at least 4 members (excludes halogenated alkanes) is 26. The summed E-state index contributed by atoms with van der Waals surface area (Å²) in [5, 5.41) is 0. The lowest BCUT2D eigenvalue weighted by molar-refractivity contribution is -0.167. The molecule has 0 aromatic carbocycles. The van der Waals surface area contributed by atoms with Gasteiger partial charge in [0, 0.05) is 19.3 Å². The predicted octanol–water partition coefficient (Wildman–Crippen LogP) is 18.2. The van der Waals surface area contributed by atoms with Crippen LogP contribution in [0.4, 0.5) is 0 Å². The van der Waals surface area contributed by atoms with Crippen LogP contribution in [0, 0.1) is 0 Å². The van der Waals surface area contributed by atoms with Gasteiger partial charge in [0.05, 0.1) is 0 Å². The van der Waals surface area contributed by atoms with E-state index < -0.39 is 6.10 Å². The molecule has 374 valence electrons. The van der Waals surface area contributed by atoms with E-state index in [9.17, 15) is 14.4 Å². The Hall–Kier alpha value is -3.15. The van der Waals surface area contributed by atoms with Gasteiger partial charge in [0.25, 0.3) is 0 Å². The molecule has 0 aliphatic carbocycles. The quantitative estimate of drug-likeness (QED) is 0.0262. The Kier molecular flexibility index (Phi) is 50.9. The average molecular weight is 907 g/mol. The van der Waals surface area contributed by atoms with Gasteiger partial charge in [-0.1, -0.05) is 235 Å². The standard InChI is InChI=1S/C59H102O6/c1-4-7-10-13-16-19-22-24-26-28-29-31-32-34-37-40-43-46-49-52-58(61)64-55-56(54-63-57(60)51-48-45-42-39-36-21-18-15-12-9-6-3)65-59(62)53-50-47-44-41-38-35-33-30-27-25-23-20-17-14-11-8-5-2/h8,11,17,20,24-27,33,35,41,44,56H,4-7,9-10,12-16,18-19,21-23,28-32,34,36-40,42-43,45-55H2,1-3H3/b11-8-,20-17-,26-24-,27-25-,35-33-,44-41-/t56-/m0/s1. The normalized spacial score (nSPS) is 12.6. The highest BCUT2D eigenvalue weighted by Gasteiger charge is 2.19. The molecule has 0 saturated carbocycles. The minimum atomic E-state index is -0.803. The van der Waals surface area contributed by atoms with Gasteiger partial charge in [0.15, 0.2) is 6.10 Å². The number of carbonyl (C=O) groups is 3. The molecule has 6 heteroatoms. The molecule has 1 atom stereocenters. The van der Waals surface area contributed by atoms with E-state index in [1.165, 1.54) is 141 Å². The maximum atomic E-state index is 12.8. The maximum Gasteiger partial charge on any atom is 0.306 e. The van der Waals surface area contributed by atoms with Crippen molar-refractivity contribution in [2.24, 2.45) is 0 Å². The van der Waals surface area contributed by atoms with E-state index in [0.29, 0.717) is 19.3 Å². The number of hydrogen-bond acceptors (Lipinski definition) is 6. The first-order chi connectivity index (χ1) is 32.0. The molecule has 0 saturated heterocycles. The molecule has 0 unspecified atom stereocenters. The van der Waals surface area contributed by atoms with Gasteiger partial charge >= 0.3 is 17.9 Å². The molecule has 0 fully saturated rings. The third kappa shape index (κ3) is 51.7. The number of rotatable bonds is 49. The second-order valence-electron chi connectivity index (χ2n) is 18.1. The van der Waals surface area contributed by atoms with Crippen LogP contribution in [-0.4, -0.2) is 37.2 Å². The minimum Gasteiger partial charge on any atom is -0.462 e. The highest BCUT2D eigenvalue weighted by atomic mass is 16.6. The fourth-order valence-corrected chi connectivity index (χ4v) is 7.59. The molecule has 65 heavy (non-hydrogen) atoms. The van der Waals surface area contributed by atoms with Crippen LogP contribution in [0.3, 0.4) is 0 Å². The molecule has 0 bridgehead atoms. The summed E-state index contributed by atoms with van der Waals surface area (Å²) in [5.74, 6) is -0.953. The highest BCUT2D eigenvalue weighted by Crippen LogP contribution is 2.15. The van der Waals surface area contributed by atoms with Crippen LogP contribution >= 0.6 is 0 Å². The van der Waals surface area contributed by atoms with Crippen molar-refractivity contribution >= 4 is 17.9 Å². The lowest BCUT2D eigenvalue weighted by atomic mass is 10.1. The Morgan fingerprint density at radius 2 is 0.615 bits per heavy atom. The van der Waals surface area contributed by atoms with Crippen molar-refractivity contribution in [1.82, 2.24) is 0 Å². The van der Waals surface area contributed by atoms with Crippen LogP contribution in [0.1, 0.15) is 265 Å². The van der Waals surface area contributed by atoms with E-state index in [1.807, 2.05) is 0 Å². The van der Waals surface area contributed by atoms with E-state index in [4.69, 9.17) is 14.2 Å². The van der Waals surface area contributed by atoms with Crippen LogP contribution in [-0.2, 0) is 28.6 Å². The number of hydrogen-bond donors (Lipinski definition) is 0. The smallest absolute Gasteiger partial charge is 0.306 e. The Morgan fingerprint density at radius 1 is 0.323 bits per heavy atom. The third-order valence-electron chi connectivity index (χ3n) is 11.7. The summed E-state index contributed by atoms with van der Waals surface area (Å²) in [7, 11) is 0. The third-order valence-corrected chi connectivity index (χ3v) is 11.7. The van der Waals surface area contributed by atoms with Crippen molar-refractivity contribution in [3.05, 3.63) is 72.9 Å². The van der Waals surface area contributed by atoms with Crippen molar-refractivity contribution in [2.75, 3.05) is 13.2 Å². The van der Waals surface area contributed by atoms with Gasteiger partial charge in [-0.05, 0) is 83.5 Å². The summed E-state index contributed by atoms with van der Waals surface area (Å²) in [5.41, 5.74) is 0. The van der Waals surface area contributed by atoms with Crippen molar-refractivity contribution in [1.29, 1.82) is 0 Å². The summed E-state index contributed by atoms with van der Waals surface area (Å²) in [4.78, 5) is 38.0. The van der Waals surface area contributed by atoms with Gasteiger partial charge in [-0.2, -0.15) is 0 Å². The van der Waals surface area contributed by atoms with E-state index >= 15 is 0 Å². The molecule has 0 aliphatic heterocycles. The van der Waals surface area contributed by atoms with Crippen LogP contribution in [0.2, 0.25) is 0 Å². The van der Waals surface area contributed by atoms with Crippen molar-refractivity contribution in [3.63, 3.8) is 0 Å². The fourth-order valence-electron chi connectivity index (χ4n) is 7.59. The summed E-state index contributed by atoms with van der Waals surface area (Å²) in [6.07, 6.45) is 67.5. The predicted molar refractivity (Wildman–Crippen MR) is 279 cm³/mol. The molecule has 0 heterocycles. The summed E-state index contributed by atoms with van der Waals surface area (Å²) < 4.78 is 16.8. The SMILES string of the molecule is CC/C=C\C/C=C\C/C=C\C/C=C\C/C=C\CCCC(=O)O[C@H](COC(=O)CCCCCCCCCCC/C=C\CCCCCCCC)COC(=O)CCCCCCCCCCCCC. The summed E-state index contributed by atoms with van der Waals surface area (Å²) >= 11 is 0. The average Bonchev–Trinajstić information content (AvgIpc) is 3.30. The Balaban J connectivity index is 4.41. The zero-order valence-corrected chi connectivity index (χ0v) is 42.7. The van der Waals surface area contributed by atoms with Gasteiger partial charge < -0.3 is 14.2 Å². The first kappa shape index (κ1) is 61.9. The largest absolute Gasteiger partial charge is 0.462 e. The van der Waals surface area contributed by atoms with E-state index in [-0.39, 0.29) is 37.5 Å². The van der Waals surface area contributed by atoms with Gasteiger partial charge in [0.2, 0.25) is 0 Å². The lowest BCUT2D eigenvalue weighted by Gasteiger charge is -2.18. The van der Waals surface area contributed by atoms with Gasteiger partial charge in [-0.3, -0.25) is 14.4 Å². The zero-order chi connectivity index (χ0) is 47.2. The van der Waals surface area contributed by atoms with E-state index in [2.05, 4.69) is 93.7 Å². The Bertz CT molecular complexity index is 1230. The van der Waals surface area contributed by atoms with Gasteiger partial charge in [-0.15, -0.1) is 0 Å². The molecule has 0 aromatic heterocycles. The fraction of sp³-hybridized carbons (Fsp3) is 0.746. The highest BCUT2D eigenvalue weighted by molar-refractivity contribution is 5.71. The summed E-state index contributed by atoms with van der Waals surface area (Å²) in [6, 6.07) is 0. The topological polar surface area (TPSA) is 78.9 Å². The van der Waals surface area contributed by atoms with E-state index in [1.54, 1.807) is 0 Å². The molecule has 0 rings (SSSR count). The second kappa shape index (κ2) is 53.5. The minimum absolute atomic E-state index is 0.0966. The molecule has 0 aromatic rings. The Labute approximate surface area is 402 Å². The van der Waals surface area contributed by atoms with Crippen molar-refractivity contribution < 1.29 is 28.6 Å². The Morgan fingerprint density at radius 3 is 1.00 bits per heavy atom. The number of carbonyl (C=O) groups excluding carboxylic acids is 3. The molecule has 0 amide bonds. The number of esters is 3. The molecular weight excluding hydrogens is 805 g/mol. The first-order valence-electron chi connectivity index (χ1n) is 27.4. The second-order valence-corrected chi connectivity index (χ2v) is 18.1. The van der Waals surface area contributed by atoms with Crippen LogP contribution in [0.15, 0.2) is 72.9 Å². The van der Waals surface area contributed by atoms with Crippen LogP contribution in [0.5, 0.6) is 0 Å². The molecular formula is C59H102O6. The lowest BCUT2D eigenvalue weighted by Crippen LogP contribution is -2.30. The maximum absolute atomic E-state index is 12.8. The van der Waals surface area contributed by atoms with Gasteiger partial charge in [-0.25, -0.2) is 0 Å². The molecule has 0 spiro atoms. The van der Waals surface area contributed by atoms with Crippen molar-refractivity contribution in [2.45, 2.75) is 271 Å². The zero-order valence-electron chi connectivity index (χ0n) is 42.7. The first-order valence-corrected chi connectivity index (χ1v) is 27.4. The monoisotopic (exact) mass is 907 g/mol. The molecule has 6 nitrogen and oxygen atoms in total. The van der Waals surface area contributed by atoms with Crippen molar-refractivity contribution in [3.8, 4) is 0 Å². The number of allylic oxidation sites excluding steroid dienone is 12. The number of ether oxygens (including phenoxy) is 3. The molecule has 0 radical (unpaired) electrons. The van der Waals surface area contributed by atoms with E-state index in [0.717, 1.165) is 77.0 Å². The molecule has 0 aliphatic rings.